The van der Waals surface area contributed by atoms with Crippen molar-refractivity contribution in [3.63, 3.8) is 0 Å². The fourth-order valence-corrected chi connectivity index (χ4v) is 4.06. The smallest absolute Gasteiger partial charge is 0.320 e. The maximum atomic E-state index is 13.5. The lowest BCUT2D eigenvalue weighted by atomic mass is 9.87. The normalized spacial score (nSPS) is 14.2. The van der Waals surface area contributed by atoms with Crippen LogP contribution in [0.2, 0.25) is 0 Å². The Hall–Kier alpha value is -3.48. The number of benzene rings is 2. The minimum atomic E-state index is -0.434. The summed E-state index contributed by atoms with van der Waals surface area (Å²) in [5.41, 5.74) is 2.72. The van der Waals surface area contributed by atoms with Gasteiger partial charge in [0.15, 0.2) is 11.2 Å². The molecule has 0 spiro atoms. The first-order valence-corrected chi connectivity index (χ1v) is 10.8. The molecule has 32 heavy (non-hydrogen) atoms. The van der Waals surface area contributed by atoms with Crippen molar-refractivity contribution >= 4 is 11.2 Å². The largest absolute Gasteiger partial charge is 0.337 e. The van der Waals surface area contributed by atoms with E-state index in [1.165, 1.54) is 39.0 Å². The predicted octanol–water partition coefficient (Wildman–Crippen LogP) is 4.17. The summed E-state index contributed by atoms with van der Waals surface area (Å²) in [5, 5.41) is 0. The lowest BCUT2D eigenvalue weighted by Gasteiger charge is -2.19. The van der Waals surface area contributed by atoms with Gasteiger partial charge in [0.1, 0.15) is 5.82 Å². The highest BCUT2D eigenvalue weighted by atomic mass is 19.1. The van der Waals surface area contributed by atoms with Gasteiger partial charge in [-0.2, -0.15) is 0 Å². The maximum Gasteiger partial charge on any atom is 0.337 e. The molecule has 0 bridgehead atoms. The first kappa shape index (κ1) is 20.4. The molecule has 0 radical (unpaired) electrons. The highest BCUT2D eigenvalue weighted by Crippen LogP contribution is 2.32. The van der Waals surface area contributed by atoms with E-state index in [2.05, 4.69) is 50.0 Å². The quantitative estimate of drug-likeness (QED) is 0.486. The zero-order valence-electron chi connectivity index (χ0n) is 18.4. The van der Waals surface area contributed by atoms with E-state index in [0.29, 0.717) is 17.7 Å². The van der Waals surface area contributed by atoms with Gasteiger partial charge in [0.25, 0.3) is 5.56 Å². The topological polar surface area (TPSA) is 61.8 Å². The molecule has 1 aliphatic rings. The number of fused-ring (bicyclic) bond motifs is 1. The predicted molar refractivity (Wildman–Crippen MR) is 122 cm³/mol. The van der Waals surface area contributed by atoms with Gasteiger partial charge in [-0.1, -0.05) is 45.0 Å². The van der Waals surface area contributed by atoms with Gasteiger partial charge in [-0.3, -0.25) is 9.36 Å². The Bertz CT molecular complexity index is 1420. The summed E-state index contributed by atoms with van der Waals surface area (Å²) in [5.74, 6) is -0.391. The number of halogens is 1. The zero-order chi connectivity index (χ0) is 22.6. The number of imidazole rings is 1. The van der Waals surface area contributed by atoms with E-state index < -0.39 is 11.5 Å². The summed E-state index contributed by atoms with van der Waals surface area (Å²) >= 11 is 0. The molecule has 0 atom stereocenters. The Morgan fingerprint density at radius 1 is 1.00 bits per heavy atom. The van der Waals surface area contributed by atoms with Crippen molar-refractivity contribution < 1.29 is 4.39 Å². The standard InChI is InChI=1S/C25H25FN4O2/c1-25(2,3)17-6-4-16(5-7-17)14-28-15-27-22-21(28)23(31)30(20-12-13-20)24(32)29(22)19-10-8-18(26)9-11-19/h4-11,15,20H,12-14H2,1-3H3. The van der Waals surface area contributed by atoms with Crippen LogP contribution in [0.4, 0.5) is 4.39 Å². The highest BCUT2D eigenvalue weighted by molar-refractivity contribution is 5.72. The fourth-order valence-electron chi connectivity index (χ4n) is 4.06. The van der Waals surface area contributed by atoms with Crippen LogP contribution in [0.25, 0.3) is 16.9 Å². The molecule has 0 saturated heterocycles. The van der Waals surface area contributed by atoms with Crippen LogP contribution in [-0.4, -0.2) is 18.7 Å². The van der Waals surface area contributed by atoms with Crippen molar-refractivity contribution in [1.82, 2.24) is 18.7 Å². The average molecular weight is 432 g/mol. The Labute approximate surface area is 184 Å². The molecule has 164 valence electrons. The summed E-state index contributed by atoms with van der Waals surface area (Å²) in [6, 6.07) is 13.9. The summed E-state index contributed by atoms with van der Waals surface area (Å²) in [6.45, 7) is 6.96. The van der Waals surface area contributed by atoms with Crippen LogP contribution in [0.3, 0.4) is 0 Å². The van der Waals surface area contributed by atoms with Crippen molar-refractivity contribution in [2.75, 3.05) is 0 Å². The fraction of sp³-hybridized carbons (Fsp3) is 0.320. The molecule has 0 amide bonds. The van der Waals surface area contributed by atoms with Crippen molar-refractivity contribution in [2.45, 2.75) is 51.6 Å². The molecular weight excluding hydrogens is 407 g/mol. The zero-order valence-corrected chi connectivity index (χ0v) is 18.4. The van der Waals surface area contributed by atoms with Crippen molar-refractivity contribution in [2.24, 2.45) is 0 Å². The van der Waals surface area contributed by atoms with E-state index in [-0.39, 0.29) is 22.7 Å². The molecular formula is C25H25FN4O2. The van der Waals surface area contributed by atoms with Crippen LogP contribution in [-0.2, 0) is 12.0 Å². The number of hydrogen-bond acceptors (Lipinski definition) is 3. The first-order valence-electron chi connectivity index (χ1n) is 10.8. The van der Waals surface area contributed by atoms with Crippen LogP contribution in [0, 0.1) is 5.82 Å². The molecule has 2 aromatic heterocycles. The second-order valence-electron chi connectivity index (χ2n) is 9.49. The number of rotatable bonds is 4. The van der Waals surface area contributed by atoms with E-state index in [1.54, 1.807) is 10.9 Å². The summed E-state index contributed by atoms with van der Waals surface area (Å²) in [4.78, 5) is 31.0. The van der Waals surface area contributed by atoms with Gasteiger partial charge < -0.3 is 4.57 Å². The van der Waals surface area contributed by atoms with Gasteiger partial charge in [-0.25, -0.2) is 18.7 Å². The third-order valence-electron chi connectivity index (χ3n) is 6.02. The molecule has 0 unspecified atom stereocenters. The highest BCUT2D eigenvalue weighted by Gasteiger charge is 2.30. The van der Waals surface area contributed by atoms with Crippen LogP contribution in [0.1, 0.15) is 50.8 Å². The van der Waals surface area contributed by atoms with Gasteiger partial charge in [0.05, 0.1) is 12.0 Å². The Morgan fingerprint density at radius 2 is 1.66 bits per heavy atom. The van der Waals surface area contributed by atoms with Crippen LogP contribution >= 0.6 is 0 Å². The van der Waals surface area contributed by atoms with Crippen molar-refractivity contribution in [3.05, 3.63) is 92.6 Å². The molecule has 4 aromatic rings. The number of nitrogens with zero attached hydrogens (tertiary/aromatic N) is 4. The molecule has 1 fully saturated rings. The number of aromatic nitrogens is 4. The Morgan fingerprint density at radius 3 is 2.25 bits per heavy atom. The Kier molecular flexibility index (Phi) is 4.65. The molecule has 1 saturated carbocycles. The lowest BCUT2D eigenvalue weighted by Crippen LogP contribution is -2.39. The minimum absolute atomic E-state index is 0.0590. The molecule has 1 aliphatic carbocycles. The van der Waals surface area contributed by atoms with E-state index in [4.69, 9.17) is 0 Å². The Balaban J connectivity index is 1.67. The number of hydrogen-bond donors (Lipinski definition) is 0. The molecule has 2 heterocycles. The lowest BCUT2D eigenvalue weighted by molar-refractivity contribution is 0.590. The monoisotopic (exact) mass is 432 g/mol. The SMILES string of the molecule is CC(C)(C)c1ccc(Cn2cnc3c2c(=O)n(C2CC2)c(=O)n3-c2ccc(F)cc2)cc1. The van der Waals surface area contributed by atoms with Crippen molar-refractivity contribution in [1.29, 1.82) is 0 Å². The van der Waals surface area contributed by atoms with Gasteiger partial charge in [0.2, 0.25) is 0 Å². The second-order valence-corrected chi connectivity index (χ2v) is 9.49. The van der Waals surface area contributed by atoms with Gasteiger partial charge >= 0.3 is 5.69 Å². The third-order valence-corrected chi connectivity index (χ3v) is 6.02. The summed E-state index contributed by atoms with van der Waals surface area (Å²) in [7, 11) is 0. The maximum absolute atomic E-state index is 13.5. The average Bonchev–Trinajstić information content (AvgIpc) is 3.49. The van der Waals surface area contributed by atoms with Gasteiger partial charge in [0, 0.05) is 12.6 Å². The van der Waals surface area contributed by atoms with Gasteiger partial charge in [-0.05, 0) is 53.6 Å². The van der Waals surface area contributed by atoms with E-state index in [1.807, 2.05) is 0 Å². The second kappa shape index (κ2) is 7.29. The van der Waals surface area contributed by atoms with E-state index in [9.17, 15) is 14.0 Å². The molecule has 0 N–H and O–H groups in total. The molecule has 0 aliphatic heterocycles. The van der Waals surface area contributed by atoms with Crippen molar-refractivity contribution in [3.8, 4) is 5.69 Å². The van der Waals surface area contributed by atoms with Crippen LogP contribution in [0.5, 0.6) is 0 Å². The van der Waals surface area contributed by atoms with Crippen LogP contribution in [0.15, 0.2) is 64.4 Å². The van der Waals surface area contributed by atoms with Gasteiger partial charge in [-0.15, -0.1) is 0 Å². The van der Waals surface area contributed by atoms with E-state index >= 15 is 0 Å². The molecule has 2 aromatic carbocycles. The summed E-state index contributed by atoms with van der Waals surface area (Å²) < 4.78 is 18.0. The molecule has 7 heteroatoms. The molecule has 5 rings (SSSR count). The first-order chi connectivity index (χ1) is 15.2. The minimum Gasteiger partial charge on any atom is -0.320 e. The third kappa shape index (κ3) is 3.47. The van der Waals surface area contributed by atoms with E-state index in [0.717, 1.165) is 18.4 Å². The van der Waals surface area contributed by atoms with Crippen LogP contribution < -0.4 is 11.2 Å². The summed E-state index contributed by atoms with van der Waals surface area (Å²) in [6.07, 6.45) is 3.19. The molecule has 6 nitrogen and oxygen atoms in total.